The van der Waals surface area contributed by atoms with Crippen LogP contribution >= 0.6 is 15.9 Å². The van der Waals surface area contributed by atoms with Crippen LogP contribution in [0.1, 0.15) is 16.7 Å². The number of para-hydroxylation sites is 1. The largest absolute Gasteiger partial charge is 0.487 e. The zero-order chi connectivity index (χ0) is 15.2. The van der Waals surface area contributed by atoms with Gasteiger partial charge in [0.05, 0.1) is 10.0 Å². The lowest BCUT2D eigenvalue weighted by molar-refractivity contribution is 0.301. The van der Waals surface area contributed by atoms with Crippen LogP contribution in [0.25, 0.3) is 0 Å². The first kappa shape index (κ1) is 15.5. The highest BCUT2D eigenvalue weighted by Gasteiger charge is 2.09. The number of hydrogen-bond donors (Lipinski definition) is 1. The van der Waals surface area contributed by atoms with E-state index in [9.17, 15) is 4.39 Å². The van der Waals surface area contributed by atoms with E-state index in [1.165, 1.54) is 12.1 Å². The molecule has 0 aliphatic rings. The van der Waals surface area contributed by atoms with Crippen LogP contribution in [0.3, 0.4) is 0 Å². The second-order valence-electron chi connectivity index (χ2n) is 4.48. The number of nitrogens with two attached hydrogens (primary N) is 1. The molecule has 0 unspecified atom stereocenters. The van der Waals surface area contributed by atoms with E-state index in [1.807, 2.05) is 24.3 Å². The molecule has 0 aromatic heterocycles. The number of benzene rings is 2. The van der Waals surface area contributed by atoms with Crippen molar-refractivity contribution in [3.05, 3.63) is 63.4 Å². The number of nitrogens with zero attached hydrogens (tertiary/aromatic N) is 1. The van der Waals surface area contributed by atoms with Crippen molar-refractivity contribution in [1.82, 2.24) is 0 Å². The predicted octanol–water partition coefficient (Wildman–Crippen LogP) is 3.54. The van der Waals surface area contributed by atoms with Crippen molar-refractivity contribution in [2.24, 2.45) is 5.73 Å². The van der Waals surface area contributed by atoms with Crippen LogP contribution in [0.15, 0.2) is 40.9 Å². The van der Waals surface area contributed by atoms with Crippen LogP contribution in [0.4, 0.5) is 4.39 Å². The standard InChI is InChI=1S/C16H14BrFN2O/c17-14-3-1-2-12(6-7-19)16(14)21-10-11-4-5-15(18)13(8-11)9-20/h1-5,8H,6-7,10,19H2. The second-order valence-corrected chi connectivity index (χ2v) is 5.34. The van der Waals surface area contributed by atoms with E-state index in [0.717, 1.165) is 21.3 Å². The average Bonchev–Trinajstić information content (AvgIpc) is 2.48. The van der Waals surface area contributed by atoms with Crippen LogP contribution in [-0.4, -0.2) is 6.54 Å². The molecule has 108 valence electrons. The first-order chi connectivity index (χ1) is 10.2. The molecule has 0 spiro atoms. The summed E-state index contributed by atoms with van der Waals surface area (Å²) in [6.07, 6.45) is 0.710. The molecule has 0 aliphatic carbocycles. The Morgan fingerprint density at radius 2 is 2.10 bits per heavy atom. The van der Waals surface area contributed by atoms with Gasteiger partial charge in [-0.15, -0.1) is 0 Å². The Labute approximate surface area is 131 Å². The van der Waals surface area contributed by atoms with E-state index in [4.69, 9.17) is 15.7 Å². The van der Waals surface area contributed by atoms with Gasteiger partial charge in [-0.1, -0.05) is 18.2 Å². The quantitative estimate of drug-likeness (QED) is 0.898. The summed E-state index contributed by atoms with van der Waals surface area (Å²) in [6, 6.07) is 12.0. The second kappa shape index (κ2) is 7.21. The summed E-state index contributed by atoms with van der Waals surface area (Å²) in [7, 11) is 0. The highest BCUT2D eigenvalue weighted by atomic mass is 79.9. The Hall–Kier alpha value is -1.90. The first-order valence-corrected chi connectivity index (χ1v) is 7.23. The van der Waals surface area contributed by atoms with Crippen molar-refractivity contribution in [1.29, 1.82) is 5.26 Å². The molecule has 2 aromatic rings. The van der Waals surface area contributed by atoms with Crippen molar-refractivity contribution in [2.75, 3.05) is 6.54 Å². The van der Waals surface area contributed by atoms with E-state index in [2.05, 4.69) is 15.9 Å². The fourth-order valence-corrected chi connectivity index (χ4v) is 2.49. The topological polar surface area (TPSA) is 59.0 Å². The SMILES string of the molecule is N#Cc1cc(COc2c(Br)cccc2CCN)ccc1F. The third-order valence-corrected chi connectivity index (χ3v) is 3.62. The summed E-state index contributed by atoms with van der Waals surface area (Å²) < 4.78 is 19.9. The molecular weight excluding hydrogens is 335 g/mol. The highest BCUT2D eigenvalue weighted by molar-refractivity contribution is 9.10. The third kappa shape index (κ3) is 3.81. The molecule has 3 nitrogen and oxygen atoms in total. The minimum Gasteiger partial charge on any atom is -0.487 e. The van der Waals surface area contributed by atoms with Gasteiger partial charge in [-0.2, -0.15) is 5.26 Å². The number of ether oxygens (including phenoxy) is 1. The zero-order valence-electron chi connectivity index (χ0n) is 11.3. The first-order valence-electron chi connectivity index (χ1n) is 6.44. The van der Waals surface area contributed by atoms with Crippen molar-refractivity contribution in [3.63, 3.8) is 0 Å². The molecule has 0 amide bonds. The summed E-state index contributed by atoms with van der Waals surface area (Å²) in [5, 5.41) is 8.83. The summed E-state index contributed by atoms with van der Waals surface area (Å²) in [6.45, 7) is 0.789. The molecule has 0 saturated carbocycles. The monoisotopic (exact) mass is 348 g/mol. The van der Waals surface area contributed by atoms with Gasteiger partial charge in [-0.05, 0) is 58.2 Å². The molecule has 5 heteroatoms. The van der Waals surface area contributed by atoms with Crippen LogP contribution in [-0.2, 0) is 13.0 Å². The molecule has 0 bridgehead atoms. The van der Waals surface area contributed by atoms with Gasteiger partial charge in [-0.25, -0.2) is 4.39 Å². The molecule has 2 aromatic carbocycles. The minimum atomic E-state index is -0.522. The van der Waals surface area contributed by atoms with Gasteiger partial charge in [0.25, 0.3) is 0 Å². The fourth-order valence-electron chi connectivity index (χ4n) is 1.97. The smallest absolute Gasteiger partial charge is 0.140 e. The predicted molar refractivity (Wildman–Crippen MR) is 82.3 cm³/mol. The van der Waals surface area contributed by atoms with Crippen LogP contribution in [0, 0.1) is 17.1 Å². The maximum atomic E-state index is 13.3. The van der Waals surface area contributed by atoms with Crippen molar-refractivity contribution < 1.29 is 9.13 Å². The Morgan fingerprint density at radius 3 is 2.81 bits per heavy atom. The van der Waals surface area contributed by atoms with E-state index < -0.39 is 5.82 Å². The van der Waals surface area contributed by atoms with E-state index in [-0.39, 0.29) is 12.2 Å². The molecule has 0 aliphatic heterocycles. The summed E-state index contributed by atoms with van der Waals surface area (Å²) in [4.78, 5) is 0. The van der Waals surface area contributed by atoms with Crippen LogP contribution in [0.2, 0.25) is 0 Å². The lowest BCUT2D eigenvalue weighted by atomic mass is 10.1. The van der Waals surface area contributed by atoms with Gasteiger partial charge in [0.1, 0.15) is 24.2 Å². The number of hydrogen-bond acceptors (Lipinski definition) is 3. The lowest BCUT2D eigenvalue weighted by Crippen LogP contribution is -2.06. The van der Waals surface area contributed by atoms with E-state index >= 15 is 0 Å². The van der Waals surface area contributed by atoms with Gasteiger partial charge < -0.3 is 10.5 Å². The maximum Gasteiger partial charge on any atom is 0.140 e. The van der Waals surface area contributed by atoms with Crippen LogP contribution < -0.4 is 10.5 Å². The fraction of sp³-hybridized carbons (Fsp3) is 0.188. The molecule has 2 rings (SSSR count). The normalized spacial score (nSPS) is 10.2. The molecule has 0 atom stereocenters. The zero-order valence-corrected chi connectivity index (χ0v) is 12.9. The molecule has 0 heterocycles. The van der Waals surface area contributed by atoms with Gasteiger partial charge in [0, 0.05) is 0 Å². The molecular formula is C16H14BrFN2O. The number of halogens is 2. The Bertz CT molecular complexity index is 682. The molecule has 0 saturated heterocycles. The van der Waals surface area contributed by atoms with Gasteiger partial charge in [-0.3, -0.25) is 0 Å². The van der Waals surface area contributed by atoms with Gasteiger partial charge >= 0.3 is 0 Å². The molecule has 2 N–H and O–H groups in total. The highest BCUT2D eigenvalue weighted by Crippen LogP contribution is 2.30. The van der Waals surface area contributed by atoms with Crippen molar-refractivity contribution in [2.45, 2.75) is 13.0 Å². The number of rotatable bonds is 5. The lowest BCUT2D eigenvalue weighted by Gasteiger charge is -2.13. The van der Waals surface area contributed by atoms with Crippen LogP contribution in [0.5, 0.6) is 5.75 Å². The number of nitriles is 1. The maximum absolute atomic E-state index is 13.3. The molecule has 0 fully saturated rings. The summed E-state index contributed by atoms with van der Waals surface area (Å²) in [5.41, 5.74) is 7.36. The Kier molecular flexibility index (Phi) is 5.32. The Morgan fingerprint density at radius 1 is 1.29 bits per heavy atom. The minimum absolute atomic E-state index is 0.0189. The molecule has 0 radical (unpaired) electrons. The van der Waals surface area contributed by atoms with E-state index in [1.54, 1.807) is 6.07 Å². The van der Waals surface area contributed by atoms with Crippen molar-refractivity contribution >= 4 is 15.9 Å². The average molecular weight is 349 g/mol. The van der Waals surface area contributed by atoms with E-state index in [0.29, 0.717) is 13.0 Å². The van der Waals surface area contributed by atoms with Gasteiger partial charge in [0.15, 0.2) is 0 Å². The van der Waals surface area contributed by atoms with Crippen molar-refractivity contribution in [3.8, 4) is 11.8 Å². The summed E-state index contributed by atoms with van der Waals surface area (Å²) >= 11 is 3.45. The summed E-state index contributed by atoms with van der Waals surface area (Å²) in [5.74, 6) is 0.205. The van der Waals surface area contributed by atoms with Gasteiger partial charge in [0.2, 0.25) is 0 Å². The molecule has 21 heavy (non-hydrogen) atoms. The Balaban J connectivity index is 2.19. The third-order valence-electron chi connectivity index (χ3n) is 3.00.